The van der Waals surface area contributed by atoms with E-state index in [9.17, 15) is 4.21 Å². The molecular weight excluding hydrogens is 222 g/mol. The first-order valence-corrected chi connectivity index (χ1v) is 6.58. The van der Waals surface area contributed by atoms with E-state index in [0.29, 0.717) is 18.0 Å². The van der Waals surface area contributed by atoms with Crippen LogP contribution in [0.25, 0.3) is 0 Å². The molecule has 0 radical (unpaired) electrons. The Bertz CT molecular complexity index is 354. The van der Waals surface area contributed by atoms with E-state index in [1.54, 1.807) is 12.1 Å². The number of ether oxygens (including phenoxy) is 1. The summed E-state index contributed by atoms with van der Waals surface area (Å²) in [5.74, 6) is 1.31. The number of benzene rings is 1. The fourth-order valence-corrected chi connectivity index (χ4v) is 1.95. The summed E-state index contributed by atoms with van der Waals surface area (Å²) in [6, 6.07) is 7.21. The molecule has 16 heavy (non-hydrogen) atoms. The number of hydrogen-bond donors (Lipinski definition) is 1. The second kappa shape index (κ2) is 5.34. The fraction of sp³-hybridized carbons (Fsp3) is 0.500. The van der Waals surface area contributed by atoms with Gasteiger partial charge in [-0.2, -0.15) is 0 Å². The van der Waals surface area contributed by atoms with Gasteiger partial charge in [-0.3, -0.25) is 4.21 Å². The highest BCUT2D eigenvalue weighted by Crippen LogP contribution is 2.14. The van der Waals surface area contributed by atoms with Crippen molar-refractivity contribution in [2.75, 3.05) is 18.1 Å². The molecule has 0 amide bonds. The molecule has 1 aromatic rings. The molecule has 1 atom stereocenters. The third kappa shape index (κ3) is 4.23. The number of hydrogen-bond acceptors (Lipinski definition) is 3. The minimum absolute atomic E-state index is 0.176. The van der Waals surface area contributed by atoms with Gasteiger partial charge in [0.05, 0.1) is 12.4 Å². The van der Waals surface area contributed by atoms with Crippen LogP contribution in [0.3, 0.4) is 0 Å². The summed E-state index contributed by atoms with van der Waals surface area (Å²) >= 11 is 0. The Balaban J connectivity index is 2.36. The molecule has 0 aliphatic carbocycles. The van der Waals surface area contributed by atoms with Crippen molar-refractivity contribution < 1.29 is 8.95 Å². The van der Waals surface area contributed by atoms with Gasteiger partial charge in [0.1, 0.15) is 5.75 Å². The Kier molecular flexibility index (Phi) is 4.35. The van der Waals surface area contributed by atoms with E-state index in [-0.39, 0.29) is 4.75 Å². The normalized spacial score (nSPS) is 13.4. The van der Waals surface area contributed by atoms with Crippen molar-refractivity contribution in [1.82, 2.24) is 0 Å². The topological polar surface area (TPSA) is 52.3 Å². The second-order valence-electron chi connectivity index (χ2n) is 4.58. The maximum Gasteiger partial charge on any atom is 0.119 e. The van der Waals surface area contributed by atoms with Crippen LogP contribution in [0.5, 0.6) is 5.75 Å². The van der Waals surface area contributed by atoms with Gasteiger partial charge >= 0.3 is 0 Å². The van der Waals surface area contributed by atoms with Crippen LogP contribution in [0.15, 0.2) is 24.3 Å². The third-order valence-corrected chi connectivity index (χ3v) is 4.00. The van der Waals surface area contributed by atoms with E-state index in [1.165, 1.54) is 0 Å². The SMILES string of the molecule is CC(C)(C)S(=O)CCOc1ccc(N)cc1. The minimum Gasteiger partial charge on any atom is -0.493 e. The van der Waals surface area contributed by atoms with Crippen molar-refractivity contribution in [2.24, 2.45) is 0 Å². The highest BCUT2D eigenvalue weighted by atomic mass is 32.2. The molecule has 4 heteroatoms. The van der Waals surface area contributed by atoms with E-state index < -0.39 is 10.8 Å². The van der Waals surface area contributed by atoms with E-state index in [4.69, 9.17) is 10.5 Å². The lowest BCUT2D eigenvalue weighted by Gasteiger charge is -2.17. The molecule has 0 heterocycles. The van der Waals surface area contributed by atoms with Gasteiger partial charge in [-0.25, -0.2) is 0 Å². The number of nitrogen functional groups attached to an aromatic ring is 1. The summed E-state index contributed by atoms with van der Waals surface area (Å²) < 4.78 is 17.0. The summed E-state index contributed by atoms with van der Waals surface area (Å²) in [7, 11) is -0.865. The molecule has 0 spiro atoms. The summed E-state index contributed by atoms with van der Waals surface area (Å²) in [6.45, 7) is 6.36. The molecule has 1 aromatic carbocycles. The number of anilines is 1. The quantitative estimate of drug-likeness (QED) is 0.822. The molecule has 0 saturated carbocycles. The van der Waals surface area contributed by atoms with Crippen LogP contribution in [0.4, 0.5) is 5.69 Å². The van der Waals surface area contributed by atoms with Gasteiger partial charge < -0.3 is 10.5 Å². The molecule has 0 aliphatic rings. The Labute approximate surface area is 99.4 Å². The Morgan fingerprint density at radius 2 is 1.81 bits per heavy atom. The van der Waals surface area contributed by atoms with Crippen LogP contribution >= 0.6 is 0 Å². The molecule has 1 rings (SSSR count). The van der Waals surface area contributed by atoms with Gasteiger partial charge in [-0.15, -0.1) is 0 Å². The van der Waals surface area contributed by atoms with Crippen molar-refractivity contribution in [2.45, 2.75) is 25.5 Å². The van der Waals surface area contributed by atoms with Gasteiger partial charge in [0.15, 0.2) is 0 Å². The maximum absolute atomic E-state index is 11.7. The highest BCUT2D eigenvalue weighted by molar-refractivity contribution is 7.86. The molecule has 0 fully saturated rings. The molecule has 0 bridgehead atoms. The average Bonchev–Trinajstić information content (AvgIpc) is 2.19. The van der Waals surface area contributed by atoms with Crippen molar-refractivity contribution in [1.29, 1.82) is 0 Å². The van der Waals surface area contributed by atoms with Crippen molar-refractivity contribution in [3.8, 4) is 5.75 Å². The Hall–Kier alpha value is -1.03. The van der Waals surface area contributed by atoms with Crippen molar-refractivity contribution >= 4 is 16.5 Å². The lowest BCUT2D eigenvalue weighted by Crippen LogP contribution is -2.26. The van der Waals surface area contributed by atoms with Gasteiger partial charge in [0.2, 0.25) is 0 Å². The summed E-state index contributed by atoms with van der Waals surface area (Å²) in [4.78, 5) is 0. The summed E-state index contributed by atoms with van der Waals surface area (Å²) in [5, 5.41) is 0. The van der Waals surface area contributed by atoms with Crippen LogP contribution in [-0.2, 0) is 10.8 Å². The monoisotopic (exact) mass is 241 g/mol. The van der Waals surface area contributed by atoms with Crippen LogP contribution < -0.4 is 10.5 Å². The van der Waals surface area contributed by atoms with E-state index in [0.717, 1.165) is 5.75 Å². The molecule has 2 N–H and O–H groups in total. The first-order valence-electron chi connectivity index (χ1n) is 5.26. The molecular formula is C12H19NO2S. The Morgan fingerprint density at radius 3 is 2.31 bits per heavy atom. The highest BCUT2D eigenvalue weighted by Gasteiger charge is 2.18. The summed E-state index contributed by atoms with van der Waals surface area (Å²) in [6.07, 6.45) is 0. The molecule has 0 aliphatic heterocycles. The standard InChI is InChI=1S/C12H19NO2S/c1-12(2,3)16(14)9-8-15-11-6-4-10(13)5-7-11/h4-7H,8-9,13H2,1-3H3. The van der Waals surface area contributed by atoms with Crippen molar-refractivity contribution in [3.05, 3.63) is 24.3 Å². The van der Waals surface area contributed by atoms with E-state index in [2.05, 4.69) is 0 Å². The molecule has 0 saturated heterocycles. The molecule has 3 nitrogen and oxygen atoms in total. The smallest absolute Gasteiger partial charge is 0.119 e. The zero-order valence-corrected chi connectivity index (χ0v) is 10.8. The maximum atomic E-state index is 11.7. The first kappa shape index (κ1) is 13.0. The van der Waals surface area contributed by atoms with Gasteiger partial charge in [0.25, 0.3) is 0 Å². The van der Waals surface area contributed by atoms with Crippen molar-refractivity contribution in [3.63, 3.8) is 0 Å². The third-order valence-electron chi connectivity index (χ3n) is 2.10. The fourth-order valence-electron chi connectivity index (χ4n) is 1.11. The molecule has 1 unspecified atom stereocenters. The first-order chi connectivity index (χ1) is 7.39. The summed E-state index contributed by atoms with van der Waals surface area (Å²) in [5.41, 5.74) is 6.27. The lowest BCUT2D eigenvalue weighted by molar-refractivity contribution is 0.342. The molecule has 90 valence electrons. The van der Waals surface area contributed by atoms with Gasteiger partial charge in [-0.05, 0) is 45.0 Å². The number of rotatable bonds is 4. The van der Waals surface area contributed by atoms with E-state index >= 15 is 0 Å². The predicted octanol–water partition coefficient (Wildman–Crippen LogP) is 2.19. The lowest BCUT2D eigenvalue weighted by atomic mass is 10.3. The zero-order chi connectivity index (χ0) is 12.2. The largest absolute Gasteiger partial charge is 0.493 e. The van der Waals surface area contributed by atoms with Crippen LogP contribution in [0.2, 0.25) is 0 Å². The minimum atomic E-state index is -0.865. The van der Waals surface area contributed by atoms with Crippen LogP contribution in [0.1, 0.15) is 20.8 Å². The van der Waals surface area contributed by atoms with Gasteiger partial charge in [0, 0.05) is 21.2 Å². The average molecular weight is 241 g/mol. The predicted molar refractivity (Wildman–Crippen MR) is 69.1 cm³/mol. The zero-order valence-electron chi connectivity index (χ0n) is 10.0. The second-order valence-corrected chi connectivity index (χ2v) is 6.90. The van der Waals surface area contributed by atoms with Crippen LogP contribution in [-0.4, -0.2) is 21.3 Å². The van der Waals surface area contributed by atoms with E-state index in [1.807, 2.05) is 32.9 Å². The van der Waals surface area contributed by atoms with Crippen LogP contribution in [0, 0.1) is 0 Å². The van der Waals surface area contributed by atoms with Gasteiger partial charge in [-0.1, -0.05) is 0 Å². The Morgan fingerprint density at radius 1 is 1.25 bits per heavy atom. The number of nitrogens with two attached hydrogens (primary N) is 1. The molecule has 0 aromatic heterocycles.